The Hall–Kier alpha value is -2.90. The molecule has 0 aliphatic heterocycles. The number of Topliss-reactive ketones (excluding diaryl/α,β-unsaturated/α-hetero) is 1. The van der Waals surface area contributed by atoms with Crippen molar-refractivity contribution in [1.82, 2.24) is 0 Å². The fourth-order valence-corrected chi connectivity index (χ4v) is 2.49. The van der Waals surface area contributed by atoms with E-state index in [1.54, 1.807) is 69.3 Å². The quantitative estimate of drug-likeness (QED) is 0.603. The molecule has 2 aromatic carbocycles. The summed E-state index contributed by atoms with van der Waals surface area (Å²) >= 11 is 6.04. The SMILES string of the molecule is CC(C)(C)C(=O)/C(C#N)=C/c1cccc(NC(=O)c2ccccc2Cl)c1. The number of halogens is 1. The third-order valence-electron chi connectivity index (χ3n) is 3.62. The first kappa shape index (κ1) is 19.4. The molecule has 0 radical (unpaired) electrons. The summed E-state index contributed by atoms with van der Waals surface area (Å²) in [7, 11) is 0. The molecule has 0 saturated heterocycles. The molecule has 0 bridgehead atoms. The van der Waals surface area contributed by atoms with E-state index in [2.05, 4.69) is 5.32 Å². The highest BCUT2D eigenvalue weighted by atomic mass is 35.5. The van der Waals surface area contributed by atoms with Gasteiger partial charge in [-0.1, -0.05) is 56.6 Å². The van der Waals surface area contributed by atoms with Gasteiger partial charge in [0.15, 0.2) is 5.78 Å². The van der Waals surface area contributed by atoms with Gasteiger partial charge in [-0.15, -0.1) is 0 Å². The van der Waals surface area contributed by atoms with Crippen molar-refractivity contribution in [2.75, 3.05) is 5.32 Å². The largest absolute Gasteiger partial charge is 0.322 e. The van der Waals surface area contributed by atoms with Crippen LogP contribution in [0.25, 0.3) is 6.08 Å². The van der Waals surface area contributed by atoms with Gasteiger partial charge in [0.25, 0.3) is 5.91 Å². The van der Waals surface area contributed by atoms with Crippen LogP contribution in [0, 0.1) is 16.7 Å². The maximum atomic E-state index is 12.3. The lowest BCUT2D eigenvalue weighted by Gasteiger charge is -2.15. The zero-order valence-corrected chi connectivity index (χ0v) is 15.6. The van der Waals surface area contributed by atoms with E-state index in [-0.39, 0.29) is 17.3 Å². The molecule has 1 N–H and O–H groups in total. The van der Waals surface area contributed by atoms with Crippen LogP contribution in [-0.2, 0) is 4.79 Å². The van der Waals surface area contributed by atoms with Crippen molar-refractivity contribution in [2.24, 2.45) is 5.41 Å². The molecule has 0 spiro atoms. The van der Waals surface area contributed by atoms with Crippen molar-refractivity contribution in [3.8, 4) is 6.07 Å². The molecule has 1 amide bonds. The summed E-state index contributed by atoms with van der Waals surface area (Å²) in [6.07, 6.45) is 1.53. The van der Waals surface area contributed by atoms with E-state index in [9.17, 15) is 14.9 Å². The molecular weight excluding hydrogens is 348 g/mol. The number of anilines is 1. The first-order valence-electron chi connectivity index (χ1n) is 8.05. The Morgan fingerprint density at radius 2 is 1.81 bits per heavy atom. The van der Waals surface area contributed by atoms with Crippen LogP contribution < -0.4 is 5.32 Å². The summed E-state index contributed by atoms with van der Waals surface area (Å²) in [5, 5.41) is 12.4. The Morgan fingerprint density at radius 3 is 2.42 bits per heavy atom. The molecule has 0 heterocycles. The first-order valence-corrected chi connectivity index (χ1v) is 8.42. The molecule has 4 nitrogen and oxygen atoms in total. The highest BCUT2D eigenvalue weighted by molar-refractivity contribution is 6.34. The average Bonchev–Trinajstić information content (AvgIpc) is 2.59. The minimum atomic E-state index is -0.641. The highest BCUT2D eigenvalue weighted by Crippen LogP contribution is 2.23. The molecule has 26 heavy (non-hydrogen) atoms. The molecule has 0 saturated carbocycles. The lowest BCUT2D eigenvalue weighted by atomic mass is 9.86. The standard InChI is InChI=1S/C21H19ClN2O2/c1-21(2,3)19(25)15(13-23)11-14-7-6-8-16(12-14)24-20(26)17-9-4-5-10-18(17)22/h4-12H,1-3H3,(H,24,26)/b15-11+. The van der Waals surface area contributed by atoms with Crippen molar-refractivity contribution >= 4 is 35.1 Å². The summed E-state index contributed by atoms with van der Waals surface area (Å²) in [5.41, 5.74) is 1.00. The van der Waals surface area contributed by atoms with Gasteiger partial charge in [-0.25, -0.2) is 0 Å². The predicted molar refractivity (Wildman–Crippen MR) is 104 cm³/mol. The fraction of sp³-hybridized carbons (Fsp3) is 0.190. The lowest BCUT2D eigenvalue weighted by molar-refractivity contribution is -0.121. The van der Waals surface area contributed by atoms with Gasteiger partial charge in [-0.2, -0.15) is 5.26 Å². The topological polar surface area (TPSA) is 70.0 Å². The molecule has 2 rings (SSSR count). The zero-order chi connectivity index (χ0) is 19.3. The lowest BCUT2D eigenvalue weighted by Crippen LogP contribution is -2.21. The maximum absolute atomic E-state index is 12.3. The number of hydrogen-bond donors (Lipinski definition) is 1. The van der Waals surface area contributed by atoms with E-state index in [1.165, 1.54) is 6.08 Å². The third kappa shape index (κ3) is 4.81. The van der Waals surface area contributed by atoms with Crippen LogP contribution in [0.1, 0.15) is 36.7 Å². The molecule has 0 atom stereocenters. The van der Waals surface area contributed by atoms with Crippen LogP contribution >= 0.6 is 11.6 Å². The van der Waals surface area contributed by atoms with Gasteiger partial charge in [-0.3, -0.25) is 9.59 Å². The monoisotopic (exact) mass is 366 g/mol. The molecule has 0 aliphatic rings. The molecule has 0 fully saturated rings. The number of benzene rings is 2. The number of carbonyl (C=O) groups is 2. The van der Waals surface area contributed by atoms with Crippen LogP contribution in [0.5, 0.6) is 0 Å². The Morgan fingerprint density at radius 1 is 1.12 bits per heavy atom. The van der Waals surface area contributed by atoms with E-state index in [4.69, 9.17) is 11.6 Å². The Kier molecular flexibility index (Phi) is 5.97. The molecule has 0 aliphatic carbocycles. The number of ketones is 1. The van der Waals surface area contributed by atoms with E-state index >= 15 is 0 Å². The minimum absolute atomic E-state index is 0.0760. The van der Waals surface area contributed by atoms with Crippen molar-refractivity contribution in [3.63, 3.8) is 0 Å². The summed E-state index contributed by atoms with van der Waals surface area (Å²) in [4.78, 5) is 24.7. The summed E-state index contributed by atoms with van der Waals surface area (Å²) < 4.78 is 0. The number of carbonyl (C=O) groups excluding carboxylic acids is 2. The predicted octanol–water partition coefficient (Wildman–Crippen LogP) is 5.11. The average molecular weight is 367 g/mol. The second kappa shape index (κ2) is 7.99. The first-order chi connectivity index (χ1) is 12.2. The van der Waals surface area contributed by atoms with Crippen molar-refractivity contribution in [2.45, 2.75) is 20.8 Å². The summed E-state index contributed by atoms with van der Waals surface area (Å²) in [5.74, 6) is -0.562. The second-order valence-corrected chi connectivity index (χ2v) is 7.22. The fourth-order valence-electron chi connectivity index (χ4n) is 2.27. The number of rotatable bonds is 4. The van der Waals surface area contributed by atoms with E-state index in [0.717, 1.165) is 0 Å². The van der Waals surface area contributed by atoms with Crippen molar-refractivity contribution < 1.29 is 9.59 Å². The Balaban J connectivity index is 2.27. The van der Waals surface area contributed by atoms with Crippen molar-refractivity contribution in [1.29, 1.82) is 5.26 Å². The van der Waals surface area contributed by atoms with Crippen LogP contribution in [0.3, 0.4) is 0 Å². The number of nitrogens with one attached hydrogen (secondary N) is 1. The number of nitrogens with zero attached hydrogens (tertiary/aromatic N) is 1. The summed E-state index contributed by atoms with van der Waals surface area (Å²) in [6, 6.07) is 15.6. The molecular formula is C21H19ClN2O2. The molecule has 5 heteroatoms. The number of amides is 1. The normalized spacial score (nSPS) is 11.6. The third-order valence-corrected chi connectivity index (χ3v) is 3.95. The number of hydrogen-bond acceptors (Lipinski definition) is 3. The van der Waals surface area contributed by atoms with Crippen molar-refractivity contribution in [3.05, 3.63) is 70.3 Å². The van der Waals surface area contributed by atoms with E-state index < -0.39 is 5.41 Å². The van der Waals surface area contributed by atoms with Crippen LogP contribution in [0.2, 0.25) is 5.02 Å². The van der Waals surface area contributed by atoms with Gasteiger partial charge in [0, 0.05) is 11.1 Å². The van der Waals surface area contributed by atoms with Crippen LogP contribution in [0.15, 0.2) is 54.1 Å². The van der Waals surface area contributed by atoms with Gasteiger partial charge < -0.3 is 5.32 Å². The summed E-state index contributed by atoms with van der Waals surface area (Å²) in [6.45, 7) is 5.29. The van der Waals surface area contributed by atoms with Crippen LogP contribution in [-0.4, -0.2) is 11.7 Å². The highest BCUT2D eigenvalue weighted by Gasteiger charge is 2.24. The molecule has 132 valence electrons. The molecule has 0 aromatic heterocycles. The Labute approximate surface area is 158 Å². The molecule has 0 unspecified atom stereocenters. The van der Waals surface area contributed by atoms with Gasteiger partial charge in [-0.05, 0) is 35.9 Å². The van der Waals surface area contributed by atoms with Gasteiger partial charge in [0.2, 0.25) is 0 Å². The zero-order valence-electron chi connectivity index (χ0n) is 14.8. The van der Waals surface area contributed by atoms with Gasteiger partial charge in [0.05, 0.1) is 16.2 Å². The number of allylic oxidation sites excluding steroid dienone is 1. The maximum Gasteiger partial charge on any atom is 0.257 e. The van der Waals surface area contributed by atoms with Gasteiger partial charge >= 0.3 is 0 Å². The minimum Gasteiger partial charge on any atom is -0.322 e. The second-order valence-electron chi connectivity index (χ2n) is 6.81. The van der Waals surface area contributed by atoms with E-state index in [0.29, 0.717) is 21.8 Å². The van der Waals surface area contributed by atoms with E-state index in [1.807, 2.05) is 6.07 Å². The molecule has 2 aromatic rings. The Bertz CT molecular complexity index is 918. The number of nitriles is 1. The van der Waals surface area contributed by atoms with Crippen LogP contribution in [0.4, 0.5) is 5.69 Å². The smallest absolute Gasteiger partial charge is 0.257 e. The van der Waals surface area contributed by atoms with Gasteiger partial charge in [0.1, 0.15) is 6.07 Å².